The number of allylic oxidation sites excluding steroid dienone is 4. The molecule has 0 aliphatic carbocycles. The topological polar surface area (TPSA) is 0 Å². The van der Waals surface area contributed by atoms with E-state index in [2.05, 4.69) is 34.6 Å². The summed E-state index contributed by atoms with van der Waals surface area (Å²) in [4.78, 5) is 0. The van der Waals surface area contributed by atoms with Crippen LogP contribution in [0.2, 0.25) is 0 Å². The van der Waals surface area contributed by atoms with Crippen LogP contribution in [-0.2, 0) is 0 Å². The zero-order valence-corrected chi connectivity index (χ0v) is 8.99. The summed E-state index contributed by atoms with van der Waals surface area (Å²) in [5.41, 5.74) is 5.09. The van der Waals surface area contributed by atoms with Crippen molar-refractivity contribution in [2.45, 2.75) is 47.5 Å². The molecule has 0 N–H and O–H groups in total. The molecule has 0 nitrogen and oxygen atoms in total. The molecule has 1 heteroatoms. The summed E-state index contributed by atoms with van der Waals surface area (Å²) in [6.07, 6.45) is 2.03. The first-order valence-electron chi connectivity index (χ1n) is 4.66. The average molecular weight is 162 g/mol. The quantitative estimate of drug-likeness (QED) is 0.439. The van der Waals surface area contributed by atoms with Gasteiger partial charge in [0, 0.05) is 0 Å². The number of hydrogen-bond acceptors (Lipinski definition) is 0. The van der Waals surface area contributed by atoms with E-state index < -0.39 is 0 Å². The molecule has 0 aromatic carbocycles. The number of hydrogen-bond donors (Lipinski definition) is 0. The van der Waals surface area contributed by atoms with Crippen molar-refractivity contribution in [3.63, 3.8) is 0 Å². The largest absolute Gasteiger partial charge is 0.115 e. The molecule has 0 heterocycles. The zero-order chi connectivity index (χ0) is 9.72. The van der Waals surface area contributed by atoms with Crippen LogP contribution < -0.4 is 0 Å². The van der Waals surface area contributed by atoms with Gasteiger partial charge in [0.2, 0.25) is 0 Å². The molecule has 0 spiro atoms. The Hall–Kier alpha value is -0.455. The van der Waals surface area contributed by atoms with Crippen LogP contribution in [0, 0.1) is 0 Å². The molecule has 0 aliphatic heterocycles. The smallest absolute Gasteiger partial charge is 0.108 e. The Morgan fingerprint density at radius 2 is 1.50 bits per heavy atom. The Balaban J connectivity index is 4.90. The standard InChI is InChI=1S/C11H19B/c1-6-10(8(3)4)9(5)11(12)7-2/h6-7H2,1-5H3/b11-9+. The van der Waals surface area contributed by atoms with Crippen molar-refractivity contribution in [3.8, 4) is 0 Å². The molecule has 0 rings (SSSR count). The summed E-state index contributed by atoms with van der Waals surface area (Å²) < 4.78 is 0. The first-order chi connectivity index (χ1) is 5.54. The second-order valence-electron chi connectivity index (χ2n) is 3.34. The first kappa shape index (κ1) is 11.5. The summed E-state index contributed by atoms with van der Waals surface area (Å²) in [6.45, 7) is 10.7. The molecule has 2 radical (unpaired) electrons. The third-order valence-corrected chi connectivity index (χ3v) is 2.27. The minimum atomic E-state index is 0.947. The van der Waals surface area contributed by atoms with Crippen molar-refractivity contribution in [2.75, 3.05) is 0 Å². The number of rotatable bonds is 3. The molecule has 0 aromatic heterocycles. The highest BCUT2D eigenvalue weighted by molar-refractivity contribution is 6.22. The lowest BCUT2D eigenvalue weighted by molar-refractivity contribution is 1.03. The molecule has 0 unspecified atom stereocenters. The van der Waals surface area contributed by atoms with E-state index >= 15 is 0 Å². The van der Waals surface area contributed by atoms with Gasteiger partial charge in [0.15, 0.2) is 0 Å². The summed E-state index contributed by atoms with van der Waals surface area (Å²) >= 11 is 0. The van der Waals surface area contributed by atoms with Crippen LogP contribution >= 0.6 is 0 Å². The van der Waals surface area contributed by atoms with Gasteiger partial charge in [0.1, 0.15) is 7.85 Å². The van der Waals surface area contributed by atoms with E-state index in [4.69, 9.17) is 7.85 Å². The molecule has 0 saturated carbocycles. The Kier molecular flexibility index (Phi) is 5.04. The predicted molar refractivity (Wildman–Crippen MR) is 57.4 cm³/mol. The molecule has 0 atom stereocenters. The lowest BCUT2D eigenvalue weighted by atomic mass is 9.84. The second kappa shape index (κ2) is 5.24. The van der Waals surface area contributed by atoms with Gasteiger partial charge in [-0.3, -0.25) is 0 Å². The minimum absolute atomic E-state index is 0.947. The molecular formula is C11H19B. The Morgan fingerprint density at radius 3 is 1.75 bits per heavy atom. The van der Waals surface area contributed by atoms with Crippen molar-refractivity contribution < 1.29 is 0 Å². The summed E-state index contributed by atoms with van der Waals surface area (Å²) in [5.74, 6) is 0. The van der Waals surface area contributed by atoms with E-state index in [0.29, 0.717) is 0 Å². The van der Waals surface area contributed by atoms with Crippen LogP contribution in [0.15, 0.2) is 22.2 Å². The molecule has 0 aromatic rings. The van der Waals surface area contributed by atoms with Crippen LogP contribution in [0.5, 0.6) is 0 Å². The average Bonchev–Trinajstić information content (AvgIpc) is 2.03. The van der Waals surface area contributed by atoms with Gasteiger partial charge in [-0.15, -0.1) is 5.47 Å². The lowest BCUT2D eigenvalue weighted by Crippen LogP contribution is -1.93. The summed E-state index contributed by atoms with van der Waals surface area (Å²) in [5, 5.41) is 0. The van der Waals surface area contributed by atoms with E-state index in [1.165, 1.54) is 16.7 Å². The highest BCUT2D eigenvalue weighted by atomic mass is 14.1. The van der Waals surface area contributed by atoms with Gasteiger partial charge in [-0.25, -0.2) is 0 Å². The molecule has 12 heavy (non-hydrogen) atoms. The third-order valence-electron chi connectivity index (χ3n) is 2.27. The summed E-state index contributed by atoms with van der Waals surface area (Å²) in [7, 11) is 5.88. The van der Waals surface area contributed by atoms with Crippen molar-refractivity contribution in [1.29, 1.82) is 0 Å². The van der Waals surface area contributed by atoms with Crippen LogP contribution in [0.1, 0.15) is 47.5 Å². The fourth-order valence-corrected chi connectivity index (χ4v) is 1.45. The molecule has 0 amide bonds. The molecule has 0 fully saturated rings. The van der Waals surface area contributed by atoms with E-state index in [1.54, 1.807) is 0 Å². The maximum Gasteiger partial charge on any atom is 0.108 e. The highest BCUT2D eigenvalue weighted by Gasteiger charge is 2.01. The Labute approximate surface area is 78.2 Å². The van der Waals surface area contributed by atoms with Gasteiger partial charge in [-0.05, 0) is 39.2 Å². The highest BCUT2D eigenvalue weighted by Crippen LogP contribution is 2.21. The van der Waals surface area contributed by atoms with Crippen molar-refractivity contribution in [3.05, 3.63) is 22.2 Å². The third kappa shape index (κ3) is 2.88. The van der Waals surface area contributed by atoms with Gasteiger partial charge in [-0.2, -0.15) is 0 Å². The van der Waals surface area contributed by atoms with Gasteiger partial charge in [-0.1, -0.05) is 25.0 Å². The van der Waals surface area contributed by atoms with Crippen LogP contribution in [0.25, 0.3) is 0 Å². The van der Waals surface area contributed by atoms with E-state index in [9.17, 15) is 0 Å². The lowest BCUT2D eigenvalue weighted by Gasteiger charge is -2.11. The van der Waals surface area contributed by atoms with Gasteiger partial charge < -0.3 is 0 Å². The predicted octanol–water partition coefficient (Wildman–Crippen LogP) is 3.59. The maximum atomic E-state index is 5.88. The maximum absolute atomic E-state index is 5.88. The fraction of sp³-hybridized carbons (Fsp3) is 0.636. The van der Waals surface area contributed by atoms with E-state index in [-0.39, 0.29) is 0 Å². The zero-order valence-electron chi connectivity index (χ0n) is 8.99. The fourth-order valence-electron chi connectivity index (χ4n) is 1.45. The first-order valence-corrected chi connectivity index (χ1v) is 4.66. The van der Waals surface area contributed by atoms with Crippen LogP contribution in [0.3, 0.4) is 0 Å². The van der Waals surface area contributed by atoms with Crippen molar-refractivity contribution >= 4 is 7.85 Å². The molecular weight excluding hydrogens is 143 g/mol. The molecule has 66 valence electrons. The molecule has 0 aliphatic rings. The van der Waals surface area contributed by atoms with E-state index in [1.807, 2.05) is 0 Å². The molecule has 0 bridgehead atoms. The minimum Gasteiger partial charge on any atom is -0.115 e. The van der Waals surface area contributed by atoms with Crippen molar-refractivity contribution in [2.24, 2.45) is 0 Å². The Bertz CT molecular complexity index is 205. The SMILES string of the molecule is [B]/C(CC)=C(\C)C(CC)=C(C)C. The second-order valence-corrected chi connectivity index (χ2v) is 3.34. The van der Waals surface area contributed by atoms with E-state index in [0.717, 1.165) is 18.3 Å². The van der Waals surface area contributed by atoms with Gasteiger partial charge in [0.05, 0.1) is 0 Å². The summed E-state index contributed by atoms with van der Waals surface area (Å²) in [6, 6.07) is 0. The normalized spacial score (nSPS) is 12.4. The van der Waals surface area contributed by atoms with Crippen LogP contribution in [-0.4, -0.2) is 7.85 Å². The Morgan fingerprint density at radius 1 is 1.00 bits per heavy atom. The van der Waals surface area contributed by atoms with Gasteiger partial charge >= 0.3 is 0 Å². The monoisotopic (exact) mass is 162 g/mol. The van der Waals surface area contributed by atoms with Gasteiger partial charge in [0.25, 0.3) is 0 Å². The molecule has 0 saturated heterocycles. The van der Waals surface area contributed by atoms with Crippen molar-refractivity contribution in [1.82, 2.24) is 0 Å². The van der Waals surface area contributed by atoms with Crippen LogP contribution in [0.4, 0.5) is 0 Å².